The molecule has 0 bridgehead atoms. The van der Waals surface area contributed by atoms with Crippen molar-refractivity contribution in [2.45, 2.75) is 26.4 Å². The van der Waals surface area contributed by atoms with Gasteiger partial charge in [-0.05, 0) is 49.7 Å². The van der Waals surface area contributed by atoms with Gasteiger partial charge in [-0.15, -0.1) is 0 Å². The summed E-state index contributed by atoms with van der Waals surface area (Å²) in [5.41, 5.74) is 1.65. The minimum atomic E-state index is -0.0597. The molecule has 0 aliphatic rings. The van der Waals surface area contributed by atoms with E-state index >= 15 is 0 Å². The fourth-order valence-electron chi connectivity index (χ4n) is 1.78. The van der Waals surface area contributed by atoms with E-state index in [-0.39, 0.29) is 12.0 Å². The Morgan fingerprint density at radius 2 is 2.00 bits per heavy atom. The molecular formula is C16H18N2O2. The number of anilines is 1. The zero-order valence-electron chi connectivity index (χ0n) is 11.7. The maximum absolute atomic E-state index is 11.9. The van der Waals surface area contributed by atoms with Crippen molar-refractivity contribution in [2.24, 2.45) is 0 Å². The fraction of sp³-hybridized carbons (Fsp3) is 0.250. The van der Waals surface area contributed by atoms with Crippen LogP contribution >= 0.6 is 0 Å². The van der Waals surface area contributed by atoms with E-state index in [2.05, 4.69) is 10.3 Å². The summed E-state index contributed by atoms with van der Waals surface area (Å²) in [7, 11) is 0. The Kier molecular flexibility index (Phi) is 4.71. The normalized spacial score (nSPS) is 10.3. The van der Waals surface area contributed by atoms with Crippen LogP contribution in [0.1, 0.15) is 19.4 Å². The second-order valence-corrected chi connectivity index (χ2v) is 4.78. The number of benzene rings is 1. The molecule has 4 nitrogen and oxygen atoms in total. The molecule has 1 N–H and O–H groups in total. The van der Waals surface area contributed by atoms with Crippen LogP contribution < -0.4 is 10.1 Å². The predicted octanol–water partition coefficient (Wildman–Crippen LogP) is 3.05. The van der Waals surface area contributed by atoms with Crippen LogP contribution in [0.15, 0.2) is 48.8 Å². The van der Waals surface area contributed by atoms with Gasteiger partial charge in [0.05, 0.1) is 12.5 Å². The molecule has 20 heavy (non-hydrogen) atoms. The van der Waals surface area contributed by atoms with Gasteiger partial charge < -0.3 is 10.1 Å². The Morgan fingerprint density at radius 3 is 2.60 bits per heavy atom. The highest BCUT2D eigenvalue weighted by atomic mass is 16.5. The summed E-state index contributed by atoms with van der Waals surface area (Å²) < 4.78 is 5.55. The quantitative estimate of drug-likeness (QED) is 0.908. The van der Waals surface area contributed by atoms with Crippen molar-refractivity contribution >= 4 is 11.6 Å². The van der Waals surface area contributed by atoms with Gasteiger partial charge in [-0.1, -0.05) is 6.07 Å². The van der Waals surface area contributed by atoms with Gasteiger partial charge in [0.15, 0.2) is 0 Å². The maximum atomic E-state index is 11.9. The molecule has 1 heterocycles. The van der Waals surface area contributed by atoms with Crippen LogP contribution in [0.25, 0.3) is 0 Å². The van der Waals surface area contributed by atoms with Crippen molar-refractivity contribution in [2.75, 3.05) is 5.32 Å². The summed E-state index contributed by atoms with van der Waals surface area (Å²) in [5.74, 6) is 0.737. The third-order valence-electron chi connectivity index (χ3n) is 2.60. The van der Waals surface area contributed by atoms with Crippen molar-refractivity contribution in [1.82, 2.24) is 4.98 Å². The van der Waals surface area contributed by atoms with E-state index in [1.165, 1.54) is 0 Å². The van der Waals surface area contributed by atoms with E-state index in [4.69, 9.17) is 4.74 Å². The second kappa shape index (κ2) is 6.70. The molecule has 1 aromatic carbocycles. The molecule has 0 radical (unpaired) electrons. The smallest absolute Gasteiger partial charge is 0.228 e. The van der Waals surface area contributed by atoms with Crippen LogP contribution in [0.3, 0.4) is 0 Å². The van der Waals surface area contributed by atoms with E-state index in [0.717, 1.165) is 17.0 Å². The molecule has 0 saturated heterocycles. The first-order valence-corrected chi connectivity index (χ1v) is 6.59. The largest absolute Gasteiger partial charge is 0.491 e. The Hall–Kier alpha value is -2.36. The van der Waals surface area contributed by atoms with Gasteiger partial charge in [-0.2, -0.15) is 0 Å². The van der Waals surface area contributed by atoms with Crippen LogP contribution in [0.5, 0.6) is 5.75 Å². The van der Waals surface area contributed by atoms with Crippen molar-refractivity contribution in [1.29, 1.82) is 0 Å². The lowest BCUT2D eigenvalue weighted by Crippen LogP contribution is -2.14. The van der Waals surface area contributed by atoms with Gasteiger partial charge in [0.1, 0.15) is 5.75 Å². The highest BCUT2D eigenvalue weighted by Gasteiger charge is 2.04. The summed E-state index contributed by atoms with van der Waals surface area (Å²) in [6.45, 7) is 3.95. The number of nitrogens with one attached hydrogen (secondary N) is 1. The van der Waals surface area contributed by atoms with Crippen molar-refractivity contribution in [3.63, 3.8) is 0 Å². The summed E-state index contributed by atoms with van der Waals surface area (Å²) in [6.07, 6.45) is 3.84. The molecule has 0 spiro atoms. The van der Waals surface area contributed by atoms with E-state index in [0.29, 0.717) is 6.42 Å². The zero-order chi connectivity index (χ0) is 14.4. The second-order valence-electron chi connectivity index (χ2n) is 4.78. The molecular weight excluding hydrogens is 252 g/mol. The molecule has 0 fully saturated rings. The standard InChI is InChI=1S/C16H18N2O2/c1-12(2)20-15-7-5-14(6-8-15)18-16(19)10-13-4-3-9-17-11-13/h3-9,11-12H,10H2,1-2H3,(H,18,19). The Balaban J connectivity index is 1.91. The minimum Gasteiger partial charge on any atom is -0.491 e. The maximum Gasteiger partial charge on any atom is 0.228 e. The third kappa shape index (κ3) is 4.39. The summed E-state index contributed by atoms with van der Waals surface area (Å²) in [6, 6.07) is 11.1. The van der Waals surface area contributed by atoms with E-state index < -0.39 is 0 Å². The van der Waals surface area contributed by atoms with E-state index in [1.807, 2.05) is 50.2 Å². The number of carbonyl (C=O) groups excluding carboxylic acids is 1. The number of hydrogen-bond acceptors (Lipinski definition) is 3. The molecule has 0 unspecified atom stereocenters. The molecule has 0 atom stereocenters. The fourth-order valence-corrected chi connectivity index (χ4v) is 1.78. The monoisotopic (exact) mass is 270 g/mol. The Morgan fingerprint density at radius 1 is 1.25 bits per heavy atom. The molecule has 104 valence electrons. The summed E-state index contributed by atoms with van der Waals surface area (Å²) >= 11 is 0. The average molecular weight is 270 g/mol. The highest BCUT2D eigenvalue weighted by molar-refractivity contribution is 5.92. The summed E-state index contributed by atoms with van der Waals surface area (Å²) in [5, 5.41) is 2.85. The number of aromatic nitrogens is 1. The molecule has 0 aliphatic heterocycles. The van der Waals surface area contributed by atoms with Crippen molar-refractivity contribution < 1.29 is 9.53 Å². The number of amides is 1. The van der Waals surface area contributed by atoms with Gasteiger partial charge in [-0.25, -0.2) is 0 Å². The molecule has 0 aliphatic carbocycles. The van der Waals surface area contributed by atoms with Crippen LogP contribution in [-0.4, -0.2) is 17.0 Å². The van der Waals surface area contributed by atoms with Crippen molar-refractivity contribution in [3.05, 3.63) is 54.4 Å². The SMILES string of the molecule is CC(C)Oc1ccc(NC(=O)Cc2cccnc2)cc1. The first-order chi connectivity index (χ1) is 9.63. The van der Waals surface area contributed by atoms with Crippen LogP contribution in [-0.2, 0) is 11.2 Å². The lowest BCUT2D eigenvalue weighted by atomic mass is 10.2. The van der Waals surface area contributed by atoms with Gasteiger partial charge in [0.25, 0.3) is 0 Å². The number of rotatable bonds is 5. The number of carbonyl (C=O) groups is 1. The van der Waals surface area contributed by atoms with Crippen LogP contribution in [0.2, 0.25) is 0 Å². The molecule has 1 amide bonds. The Bertz CT molecular complexity index is 550. The van der Waals surface area contributed by atoms with Gasteiger partial charge in [0, 0.05) is 18.1 Å². The summed E-state index contributed by atoms with van der Waals surface area (Å²) in [4.78, 5) is 15.9. The Labute approximate surface area is 118 Å². The van der Waals surface area contributed by atoms with Crippen molar-refractivity contribution in [3.8, 4) is 5.75 Å². The highest BCUT2D eigenvalue weighted by Crippen LogP contribution is 2.17. The van der Waals surface area contributed by atoms with Gasteiger partial charge >= 0.3 is 0 Å². The number of ether oxygens (including phenoxy) is 1. The van der Waals surface area contributed by atoms with E-state index in [9.17, 15) is 4.79 Å². The molecule has 4 heteroatoms. The number of hydrogen-bond donors (Lipinski definition) is 1. The zero-order valence-corrected chi connectivity index (χ0v) is 11.7. The minimum absolute atomic E-state index is 0.0597. The first kappa shape index (κ1) is 14.1. The number of pyridine rings is 1. The number of nitrogens with zero attached hydrogens (tertiary/aromatic N) is 1. The third-order valence-corrected chi connectivity index (χ3v) is 2.60. The first-order valence-electron chi connectivity index (χ1n) is 6.59. The van der Waals surface area contributed by atoms with Crippen LogP contribution in [0.4, 0.5) is 5.69 Å². The molecule has 1 aromatic heterocycles. The topological polar surface area (TPSA) is 51.2 Å². The van der Waals surface area contributed by atoms with Crippen LogP contribution in [0, 0.1) is 0 Å². The predicted molar refractivity (Wildman–Crippen MR) is 78.8 cm³/mol. The lowest BCUT2D eigenvalue weighted by Gasteiger charge is -2.10. The molecule has 2 rings (SSSR count). The average Bonchev–Trinajstić information content (AvgIpc) is 2.41. The molecule has 2 aromatic rings. The molecule has 0 saturated carbocycles. The lowest BCUT2D eigenvalue weighted by molar-refractivity contribution is -0.115. The van der Waals surface area contributed by atoms with E-state index in [1.54, 1.807) is 12.4 Å². The van der Waals surface area contributed by atoms with Gasteiger partial charge in [-0.3, -0.25) is 9.78 Å². The van der Waals surface area contributed by atoms with Gasteiger partial charge in [0.2, 0.25) is 5.91 Å².